The van der Waals surface area contributed by atoms with Gasteiger partial charge in [-0.25, -0.2) is 17.5 Å². The van der Waals surface area contributed by atoms with E-state index in [1.54, 1.807) is 18.3 Å². The average Bonchev–Trinajstić information content (AvgIpc) is 2.68. The van der Waals surface area contributed by atoms with E-state index in [4.69, 9.17) is 23.2 Å². The molecule has 3 rings (SSSR count). The first-order valence-corrected chi connectivity index (χ1v) is 10.4. The minimum atomic E-state index is -3.96. The topological polar surface area (TPSA) is 88.2 Å². The van der Waals surface area contributed by atoms with Crippen LogP contribution in [0.5, 0.6) is 0 Å². The van der Waals surface area contributed by atoms with Crippen molar-refractivity contribution in [3.63, 3.8) is 0 Å². The molecule has 0 saturated carbocycles. The van der Waals surface area contributed by atoms with Crippen LogP contribution in [0.25, 0.3) is 0 Å². The number of pyridine rings is 1. The zero-order valence-electron chi connectivity index (χ0n) is 14.7. The van der Waals surface area contributed by atoms with Crippen molar-refractivity contribution in [2.24, 2.45) is 0 Å². The molecule has 0 fully saturated rings. The van der Waals surface area contributed by atoms with E-state index in [-0.39, 0.29) is 27.7 Å². The molecule has 6 nitrogen and oxygen atoms in total. The van der Waals surface area contributed by atoms with Gasteiger partial charge in [-0.15, -0.1) is 0 Å². The Hall–Kier alpha value is -2.52. The molecule has 10 heteroatoms. The van der Waals surface area contributed by atoms with Gasteiger partial charge >= 0.3 is 0 Å². The largest absolute Gasteiger partial charge is 0.319 e. The van der Waals surface area contributed by atoms with E-state index < -0.39 is 21.7 Å². The number of benzene rings is 2. The first kappa shape index (κ1) is 21.2. The van der Waals surface area contributed by atoms with E-state index in [1.165, 1.54) is 30.5 Å². The van der Waals surface area contributed by atoms with Crippen molar-refractivity contribution < 1.29 is 17.6 Å². The van der Waals surface area contributed by atoms with Crippen molar-refractivity contribution in [2.75, 3.05) is 5.32 Å². The Morgan fingerprint density at radius 2 is 1.90 bits per heavy atom. The molecular weight excluding hydrogens is 440 g/mol. The SMILES string of the molecule is O=C(Nc1ccc(S(=O)(=O)NCc2cccnc2)cc1F)c1ccc(Cl)cc1Cl. The maximum absolute atomic E-state index is 14.4. The summed E-state index contributed by atoms with van der Waals surface area (Å²) in [6.45, 7) is 0.00530. The minimum Gasteiger partial charge on any atom is -0.319 e. The number of nitrogens with zero attached hydrogens (tertiary/aromatic N) is 1. The van der Waals surface area contributed by atoms with Crippen molar-refractivity contribution in [3.8, 4) is 0 Å². The molecule has 0 aliphatic rings. The molecule has 0 spiro atoms. The smallest absolute Gasteiger partial charge is 0.257 e. The summed E-state index contributed by atoms with van der Waals surface area (Å²) in [5, 5.41) is 2.82. The number of aromatic nitrogens is 1. The van der Waals surface area contributed by atoms with E-state index in [9.17, 15) is 17.6 Å². The van der Waals surface area contributed by atoms with Gasteiger partial charge in [-0.3, -0.25) is 9.78 Å². The predicted octanol–water partition coefficient (Wildman–Crippen LogP) is 4.26. The van der Waals surface area contributed by atoms with Crippen LogP contribution in [0.3, 0.4) is 0 Å². The standard InChI is InChI=1S/C19H14Cl2FN3O3S/c20-13-3-5-15(16(21)8-13)19(26)25-18-6-4-14(9-17(18)22)29(27,28)24-11-12-2-1-7-23-10-12/h1-10,24H,11H2,(H,25,26). The van der Waals surface area contributed by atoms with Gasteiger partial charge in [-0.1, -0.05) is 29.3 Å². The Morgan fingerprint density at radius 3 is 2.55 bits per heavy atom. The van der Waals surface area contributed by atoms with Crippen LogP contribution >= 0.6 is 23.2 Å². The normalized spacial score (nSPS) is 11.3. The molecule has 0 unspecified atom stereocenters. The van der Waals surface area contributed by atoms with E-state index in [1.807, 2.05) is 0 Å². The number of sulfonamides is 1. The Bertz CT molecular complexity index is 1160. The monoisotopic (exact) mass is 453 g/mol. The highest BCUT2D eigenvalue weighted by Gasteiger charge is 2.18. The first-order chi connectivity index (χ1) is 13.8. The van der Waals surface area contributed by atoms with Crippen LogP contribution in [-0.4, -0.2) is 19.3 Å². The molecule has 29 heavy (non-hydrogen) atoms. The molecule has 0 bridgehead atoms. The van der Waals surface area contributed by atoms with Gasteiger partial charge < -0.3 is 5.32 Å². The van der Waals surface area contributed by atoms with Gasteiger partial charge in [0.1, 0.15) is 5.82 Å². The van der Waals surface area contributed by atoms with Crippen LogP contribution in [0.4, 0.5) is 10.1 Å². The number of carbonyl (C=O) groups excluding carboxylic acids is 1. The number of anilines is 1. The number of rotatable bonds is 6. The van der Waals surface area contributed by atoms with E-state index >= 15 is 0 Å². The zero-order chi connectivity index (χ0) is 21.0. The molecule has 0 saturated heterocycles. The van der Waals surface area contributed by atoms with Crippen molar-refractivity contribution in [2.45, 2.75) is 11.4 Å². The van der Waals surface area contributed by atoms with Gasteiger partial charge in [0.2, 0.25) is 10.0 Å². The van der Waals surface area contributed by atoms with Crippen molar-refractivity contribution in [3.05, 3.63) is 87.9 Å². The predicted molar refractivity (Wildman–Crippen MR) is 109 cm³/mol. The Balaban J connectivity index is 1.74. The minimum absolute atomic E-state index is 0.00530. The maximum Gasteiger partial charge on any atom is 0.257 e. The molecular formula is C19H14Cl2FN3O3S. The lowest BCUT2D eigenvalue weighted by atomic mass is 10.2. The summed E-state index contributed by atoms with van der Waals surface area (Å²) >= 11 is 11.8. The van der Waals surface area contributed by atoms with Gasteiger partial charge in [0, 0.05) is 24.0 Å². The lowest BCUT2D eigenvalue weighted by Crippen LogP contribution is -2.23. The van der Waals surface area contributed by atoms with Crippen molar-refractivity contribution in [1.82, 2.24) is 9.71 Å². The third-order valence-corrected chi connectivity index (χ3v) is 5.81. The molecule has 1 aromatic heterocycles. The van der Waals surface area contributed by atoms with Gasteiger partial charge in [0.05, 0.1) is 21.2 Å². The van der Waals surface area contributed by atoms with Crippen molar-refractivity contribution in [1.29, 1.82) is 0 Å². The molecule has 1 heterocycles. The van der Waals surface area contributed by atoms with E-state index in [0.717, 1.165) is 12.1 Å². The van der Waals surface area contributed by atoms with Gasteiger partial charge in [-0.05, 0) is 48.0 Å². The number of hydrogen-bond acceptors (Lipinski definition) is 4. The lowest BCUT2D eigenvalue weighted by Gasteiger charge is -2.11. The molecule has 0 aliphatic heterocycles. The summed E-state index contributed by atoms with van der Waals surface area (Å²) in [6.07, 6.45) is 3.08. The summed E-state index contributed by atoms with van der Waals surface area (Å²) in [6, 6.07) is 10.8. The zero-order valence-corrected chi connectivity index (χ0v) is 17.0. The summed E-state index contributed by atoms with van der Waals surface area (Å²) in [5.41, 5.74) is 0.567. The second-order valence-corrected chi connectivity index (χ2v) is 8.52. The van der Waals surface area contributed by atoms with Crippen LogP contribution in [-0.2, 0) is 16.6 Å². The summed E-state index contributed by atoms with van der Waals surface area (Å²) in [4.78, 5) is 15.9. The van der Waals surface area contributed by atoms with Crippen LogP contribution < -0.4 is 10.0 Å². The van der Waals surface area contributed by atoms with Crippen molar-refractivity contribution >= 4 is 44.8 Å². The lowest BCUT2D eigenvalue weighted by molar-refractivity contribution is 0.102. The highest BCUT2D eigenvalue weighted by Crippen LogP contribution is 2.24. The quantitative estimate of drug-likeness (QED) is 0.583. The van der Waals surface area contributed by atoms with E-state index in [0.29, 0.717) is 10.6 Å². The van der Waals surface area contributed by atoms with E-state index in [2.05, 4.69) is 15.0 Å². The number of nitrogens with one attached hydrogen (secondary N) is 2. The Morgan fingerprint density at radius 1 is 1.10 bits per heavy atom. The maximum atomic E-state index is 14.4. The molecule has 3 aromatic rings. The molecule has 2 aromatic carbocycles. The van der Waals surface area contributed by atoms with Crippen LogP contribution in [0.15, 0.2) is 65.8 Å². The third kappa shape index (κ3) is 5.30. The average molecular weight is 454 g/mol. The molecule has 0 aliphatic carbocycles. The number of halogens is 3. The highest BCUT2D eigenvalue weighted by molar-refractivity contribution is 7.89. The van der Waals surface area contributed by atoms with Gasteiger partial charge in [0.25, 0.3) is 5.91 Å². The number of hydrogen-bond donors (Lipinski definition) is 2. The number of amides is 1. The Kier molecular flexibility index (Phi) is 6.49. The van der Waals surface area contributed by atoms with Gasteiger partial charge in [-0.2, -0.15) is 0 Å². The third-order valence-electron chi connectivity index (χ3n) is 3.86. The summed E-state index contributed by atoms with van der Waals surface area (Å²) in [7, 11) is -3.96. The van der Waals surface area contributed by atoms with Crippen LogP contribution in [0.1, 0.15) is 15.9 Å². The molecule has 2 N–H and O–H groups in total. The fourth-order valence-electron chi connectivity index (χ4n) is 2.39. The molecule has 1 amide bonds. The molecule has 0 atom stereocenters. The Labute approximate surface area is 176 Å². The van der Waals surface area contributed by atoms with Crippen LogP contribution in [0, 0.1) is 5.82 Å². The highest BCUT2D eigenvalue weighted by atomic mass is 35.5. The molecule has 0 radical (unpaired) electrons. The summed E-state index contributed by atoms with van der Waals surface area (Å²) in [5.74, 6) is -1.57. The molecule has 150 valence electrons. The number of carbonyl (C=O) groups is 1. The first-order valence-electron chi connectivity index (χ1n) is 8.21. The van der Waals surface area contributed by atoms with Gasteiger partial charge in [0.15, 0.2) is 0 Å². The fraction of sp³-hybridized carbons (Fsp3) is 0.0526. The second-order valence-electron chi connectivity index (χ2n) is 5.91. The fourth-order valence-corrected chi connectivity index (χ4v) is 3.92. The van der Waals surface area contributed by atoms with Crippen LogP contribution in [0.2, 0.25) is 10.0 Å². The second kappa shape index (κ2) is 8.87. The summed E-state index contributed by atoms with van der Waals surface area (Å²) < 4.78 is 41.5.